The summed E-state index contributed by atoms with van der Waals surface area (Å²) in [6.07, 6.45) is 0. The number of anilines is 1. The molecule has 146 valence electrons. The maximum absolute atomic E-state index is 12.2. The summed E-state index contributed by atoms with van der Waals surface area (Å²) in [6.45, 7) is -0.292. The smallest absolute Gasteiger partial charge is 0.263 e. The van der Waals surface area contributed by atoms with Crippen molar-refractivity contribution in [2.45, 2.75) is 0 Å². The number of rotatable bonds is 7. The van der Waals surface area contributed by atoms with E-state index in [1.165, 1.54) is 20.3 Å². The van der Waals surface area contributed by atoms with Crippen molar-refractivity contribution in [3.8, 4) is 28.5 Å². The van der Waals surface area contributed by atoms with Crippen molar-refractivity contribution in [3.63, 3.8) is 0 Å². The van der Waals surface area contributed by atoms with Crippen molar-refractivity contribution in [2.75, 3.05) is 26.1 Å². The number of halogens is 2. The molecule has 0 aliphatic heterocycles. The third-order valence-corrected chi connectivity index (χ3v) is 4.19. The highest BCUT2D eigenvalue weighted by molar-refractivity contribution is 6.35. The molecule has 0 bridgehead atoms. The van der Waals surface area contributed by atoms with Crippen LogP contribution in [0.1, 0.15) is 0 Å². The van der Waals surface area contributed by atoms with Gasteiger partial charge in [0.15, 0.2) is 23.8 Å². The maximum atomic E-state index is 12.2. The van der Waals surface area contributed by atoms with Gasteiger partial charge in [-0.1, -0.05) is 23.2 Å². The van der Waals surface area contributed by atoms with Crippen molar-refractivity contribution in [1.82, 2.24) is 10.3 Å². The third kappa shape index (κ3) is 4.47. The fourth-order valence-corrected chi connectivity index (χ4v) is 2.81. The molecule has 28 heavy (non-hydrogen) atoms. The van der Waals surface area contributed by atoms with Gasteiger partial charge in [0.05, 0.1) is 19.2 Å². The van der Waals surface area contributed by atoms with Gasteiger partial charge < -0.3 is 19.5 Å². The number of amides is 1. The Bertz CT molecular complexity index is 993. The van der Waals surface area contributed by atoms with E-state index in [-0.39, 0.29) is 12.4 Å². The molecule has 0 aliphatic rings. The number of carbonyl (C=O) groups is 1. The molecule has 0 aliphatic carbocycles. The number of methoxy groups -OCH3 is 2. The first-order chi connectivity index (χ1) is 13.5. The zero-order chi connectivity index (χ0) is 20.1. The minimum Gasteiger partial charge on any atom is -0.493 e. The van der Waals surface area contributed by atoms with Crippen LogP contribution in [0, 0.1) is 0 Å². The lowest BCUT2D eigenvalue weighted by molar-refractivity contribution is -0.118. The first-order valence-corrected chi connectivity index (χ1v) is 8.70. The summed E-state index contributed by atoms with van der Waals surface area (Å²) in [4.78, 5) is 12.2. The van der Waals surface area contributed by atoms with E-state index in [0.29, 0.717) is 38.6 Å². The van der Waals surface area contributed by atoms with Gasteiger partial charge in [-0.2, -0.15) is 0 Å². The van der Waals surface area contributed by atoms with E-state index >= 15 is 0 Å². The van der Waals surface area contributed by atoms with E-state index in [1.807, 2.05) is 0 Å². The van der Waals surface area contributed by atoms with Gasteiger partial charge in [0.1, 0.15) is 5.75 Å². The SMILES string of the molecule is COc1ccc(-c2nonc2NC(=O)COc2ccc(Cl)cc2Cl)cc1OC. The second-order valence-corrected chi connectivity index (χ2v) is 6.29. The summed E-state index contributed by atoms with van der Waals surface area (Å²) in [5.41, 5.74) is 0.953. The van der Waals surface area contributed by atoms with Gasteiger partial charge in [-0.25, -0.2) is 4.63 Å². The average molecular weight is 424 g/mol. The molecule has 0 spiro atoms. The summed E-state index contributed by atoms with van der Waals surface area (Å²) < 4.78 is 20.6. The number of ether oxygens (including phenoxy) is 3. The second-order valence-electron chi connectivity index (χ2n) is 5.44. The fraction of sp³-hybridized carbons (Fsp3) is 0.167. The highest BCUT2D eigenvalue weighted by atomic mass is 35.5. The summed E-state index contributed by atoms with van der Waals surface area (Å²) in [6, 6.07) is 9.84. The topological polar surface area (TPSA) is 95.7 Å². The first kappa shape index (κ1) is 19.8. The summed E-state index contributed by atoms with van der Waals surface area (Å²) in [5, 5.41) is 10.9. The largest absolute Gasteiger partial charge is 0.493 e. The highest BCUT2D eigenvalue weighted by Gasteiger charge is 2.17. The Morgan fingerprint density at radius 1 is 1.04 bits per heavy atom. The van der Waals surface area contributed by atoms with Gasteiger partial charge in [-0.15, -0.1) is 0 Å². The molecule has 3 rings (SSSR count). The molecular formula is C18H15Cl2N3O5. The molecule has 0 saturated carbocycles. The molecule has 1 heterocycles. The van der Waals surface area contributed by atoms with E-state index < -0.39 is 5.91 Å². The van der Waals surface area contributed by atoms with Gasteiger partial charge in [-0.05, 0) is 46.7 Å². The molecule has 0 fully saturated rings. The quantitative estimate of drug-likeness (QED) is 0.611. The van der Waals surface area contributed by atoms with Gasteiger partial charge in [-0.3, -0.25) is 4.79 Å². The molecule has 0 radical (unpaired) electrons. The Labute approximate surface area is 170 Å². The van der Waals surface area contributed by atoms with E-state index in [1.54, 1.807) is 30.3 Å². The second kappa shape index (κ2) is 8.81. The van der Waals surface area contributed by atoms with Crippen molar-refractivity contribution < 1.29 is 23.6 Å². The van der Waals surface area contributed by atoms with Gasteiger partial charge in [0, 0.05) is 10.6 Å². The fourth-order valence-electron chi connectivity index (χ4n) is 2.35. The van der Waals surface area contributed by atoms with Crippen LogP contribution in [0.25, 0.3) is 11.3 Å². The molecule has 2 aromatic carbocycles. The molecule has 8 nitrogen and oxygen atoms in total. The van der Waals surface area contributed by atoms with Crippen molar-refractivity contribution >= 4 is 34.9 Å². The van der Waals surface area contributed by atoms with Gasteiger partial charge >= 0.3 is 0 Å². The Balaban J connectivity index is 1.71. The van der Waals surface area contributed by atoms with E-state index in [2.05, 4.69) is 15.6 Å². The van der Waals surface area contributed by atoms with Crippen LogP contribution in [0.15, 0.2) is 41.0 Å². The van der Waals surface area contributed by atoms with Crippen molar-refractivity contribution in [3.05, 3.63) is 46.4 Å². The van der Waals surface area contributed by atoms with E-state index in [9.17, 15) is 4.79 Å². The van der Waals surface area contributed by atoms with Crippen LogP contribution in [0.4, 0.5) is 5.82 Å². The molecule has 1 aromatic heterocycles. The number of hydrogen-bond acceptors (Lipinski definition) is 7. The lowest BCUT2D eigenvalue weighted by atomic mass is 10.1. The Morgan fingerprint density at radius 2 is 1.79 bits per heavy atom. The standard InChI is InChI=1S/C18H15Cl2N3O5/c1-25-14-5-3-10(7-15(14)26-2)17-18(23-28-22-17)21-16(24)9-27-13-6-4-11(19)8-12(13)20/h3-8H,9H2,1-2H3,(H,21,23,24). The molecular weight excluding hydrogens is 409 g/mol. The van der Waals surface area contributed by atoms with Gasteiger partial charge in [0.2, 0.25) is 5.82 Å². The molecule has 3 aromatic rings. The Morgan fingerprint density at radius 3 is 2.50 bits per heavy atom. The maximum Gasteiger partial charge on any atom is 0.263 e. The van der Waals surface area contributed by atoms with Crippen LogP contribution in [0.5, 0.6) is 17.2 Å². The molecule has 0 atom stereocenters. The average Bonchev–Trinajstić information content (AvgIpc) is 3.14. The number of nitrogens with zero attached hydrogens (tertiary/aromatic N) is 2. The minimum atomic E-state index is -0.469. The molecule has 0 unspecified atom stereocenters. The predicted octanol–water partition coefficient (Wildman–Crippen LogP) is 4.08. The molecule has 1 amide bonds. The highest BCUT2D eigenvalue weighted by Crippen LogP contribution is 2.34. The molecule has 0 saturated heterocycles. The number of nitrogens with one attached hydrogen (secondary N) is 1. The van der Waals surface area contributed by atoms with E-state index in [4.69, 9.17) is 42.0 Å². The predicted molar refractivity (Wildman–Crippen MR) is 103 cm³/mol. The summed E-state index contributed by atoms with van der Waals surface area (Å²) in [7, 11) is 3.05. The van der Waals surface area contributed by atoms with Crippen LogP contribution >= 0.6 is 23.2 Å². The van der Waals surface area contributed by atoms with Crippen LogP contribution in [-0.2, 0) is 4.79 Å². The normalized spacial score (nSPS) is 10.4. The summed E-state index contributed by atoms with van der Waals surface area (Å²) >= 11 is 11.8. The summed E-state index contributed by atoms with van der Waals surface area (Å²) in [5.74, 6) is 1.06. The molecule has 10 heteroatoms. The zero-order valence-corrected chi connectivity index (χ0v) is 16.4. The number of aromatic nitrogens is 2. The molecule has 1 N–H and O–H groups in total. The van der Waals surface area contributed by atoms with Crippen LogP contribution in [-0.4, -0.2) is 37.0 Å². The monoisotopic (exact) mass is 423 g/mol. The number of carbonyl (C=O) groups excluding carboxylic acids is 1. The van der Waals surface area contributed by atoms with Crippen molar-refractivity contribution in [2.24, 2.45) is 0 Å². The van der Waals surface area contributed by atoms with E-state index in [0.717, 1.165) is 0 Å². The third-order valence-electron chi connectivity index (χ3n) is 3.66. The number of benzene rings is 2. The van der Waals surface area contributed by atoms with Crippen LogP contribution < -0.4 is 19.5 Å². The minimum absolute atomic E-state index is 0.142. The first-order valence-electron chi connectivity index (χ1n) is 7.94. The van der Waals surface area contributed by atoms with Crippen molar-refractivity contribution in [1.29, 1.82) is 0 Å². The zero-order valence-electron chi connectivity index (χ0n) is 14.9. The Kier molecular flexibility index (Phi) is 6.23. The lowest BCUT2D eigenvalue weighted by Gasteiger charge is -2.09. The Hall–Kier alpha value is -2.97. The van der Waals surface area contributed by atoms with Crippen LogP contribution in [0.2, 0.25) is 10.0 Å². The van der Waals surface area contributed by atoms with Crippen LogP contribution in [0.3, 0.4) is 0 Å². The number of hydrogen-bond donors (Lipinski definition) is 1. The lowest BCUT2D eigenvalue weighted by Crippen LogP contribution is -2.20. The van der Waals surface area contributed by atoms with Gasteiger partial charge in [0.25, 0.3) is 5.91 Å².